The lowest BCUT2D eigenvalue weighted by Crippen LogP contribution is -2.25. The van der Waals surface area contributed by atoms with Crippen LogP contribution in [0.3, 0.4) is 0 Å². The number of nitrogens with one attached hydrogen (secondary N) is 2. The number of hydrogen-bond donors (Lipinski definition) is 3. The van der Waals surface area contributed by atoms with Gasteiger partial charge in [-0.15, -0.1) is 0 Å². The van der Waals surface area contributed by atoms with E-state index in [0.29, 0.717) is 11.3 Å². The smallest absolute Gasteiger partial charge is 0.352 e. The lowest BCUT2D eigenvalue weighted by molar-refractivity contribution is -0.132. The number of benzene rings is 2. The van der Waals surface area contributed by atoms with Crippen LogP contribution in [0.4, 0.5) is 15.9 Å². The van der Waals surface area contributed by atoms with E-state index >= 15 is 0 Å². The molecule has 8 heteroatoms. The highest BCUT2D eigenvalue weighted by Crippen LogP contribution is 2.32. The van der Waals surface area contributed by atoms with Gasteiger partial charge in [0, 0.05) is 5.69 Å². The predicted molar refractivity (Wildman–Crippen MR) is 105 cm³/mol. The molecule has 0 saturated carbocycles. The Kier molecular flexibility index (Phi) is 4.59. The second kappa shape index (κ2) is 7.23. The summed E-state index contributed by atoms with van der Waals surface area (Å²) in [4.78, 5) is 24.4. The van der Waals surface area contributed by atoms with Crippen LogP contribution in [0.25, 0.3) is 0 Å². The highest BCUT2D eigenvalue weighted by atomic mass is 19.1. The Hall–Kier alpha value is -3.94. The molecule has 0 unspecified atom stereocenters. The maximum absolute atomic E-state index is 13.3. The Morgan fingerprint density at radius 3 is 2.66 bits per heavy atom. The first-order chi connectivity index (χ1) is 13.9. The topological polar surface area (TPSA) is 96.3 Å². The van der Waals surface area contributed by atoms with Crippen molar-refractivity contribution in [3.05, 3.63) is 89.0 Å². The first-order valence-electron chi connectivity index (χ1n) is 8.85. The number of carbonyl (C=O) groups is 2. The largest absolute Gasteiger partial charge is 0.477 e. The van der Waals surface area contributed by atoms with Crippen LogP contribution in [0.2, 0.25) is 0 Å². The van der Waals surface area contributed by atoms with Crippen molar-refractivity contribution in [1.29, 1.82) is 0 Å². The Labute approximate surface area is 165 Å². The van der Waals surface area contributed by atoms with Gasteiger partial charge in [0.05, 0.1) is 12.2 Å². The van der Waals surface area contributed by atoms with Crippen molar-refractivity contribution in [2.24, 2.45) is 0 Å². The summed E-state index contributed by atoms with van der Waals surface area (Å²) in [6.45, 7) is 1.91. The van der Waals surface area contributed by atoms with Gasteiger partial charge < -0.3 is 15.7 Å². The quantitative estimate of drug-likeness (QED) is 0.631. The Morgan fingerprint density at radius 2 is 1.97 bits per heavy atom. The van der Waals surface area contributed by atoms with Crippen LogP contribution < -0.4 is 10.6 Å². The average Bonchev–Trinajstić information content (AvgIpc) is 3.12. The van der Waals surface area contributed by atoms with Crippen LogP contribution >= 0.6 is 0 Å². The molecule has 0 bridgehead atoms. The molecular formula is C21H17FN4O3. The summed E-state index contributed by atoms with van der Waals surface area (Å²) in [6.07, 6.45) is 2.85. The molecule has 0 fully saturated rings. The molecule has 3 aromatic rings. The zero-order valence-electron chi connectivity index (χ0n) is 15.4. The molecule has 4 rings (SSSR count). The zero-order valence-corrected chi connectivity index (χ0v) is 15.4. The molecule has 0 saturated heterocycles. The van der Waals surface area contributed by atoms with E-state index in [4.69, 9.17) is 0 Å². The first-order valence-corrected chi connectivity index (χ1v) is 8.85. The number of aryl methyl sites for hydroxylation is 1. The molecule has 3 N–H and O–H groups in total. The van der Waals surface area contributed by atoms with Crippen molar-refractivity contribution >= 4 is 23.4 Å². The molecular weight excluding hydrogens is 375 g/mol. The summed E-state index contributed by atoms with van der Waals surface area (Å²) in [5.74, 6) is -1.74. The van der Waals surface area contributed by atoms with Gasteiger partial charge in [-0.3, -0.25) is 4.79 Å². The van der Waals surface area contributed by atoms with Crippen LogP contribution in [-0.4, -0.2) is 26.8 Å². The van der Waals surface area contributed by atoms with Gasteiger partial charge in [-0.2, -0.15) is 5.10 Å². The van der Waals surface area contributed by atoms with E-state index in [1.807, 2.05) is 25.1 Å². The molecule has 0 radical (unpaired) electrons. The third kappa shape index (κ3) is 3.60. The van der Waals surface area contributed by atoms with Gasteiger partial charge in [-0.1, -0.05) is 24.3 Å². The second-order valence-corrected chi connectivity index (χ2v) is 6.68. The number of anilines is 2. The fourth-order valence-corrected chi connectivity index (χ4v) is 3.20. The van der Waals surface area contributed by atoms with Crippen molar-refractivity contribution in [3.8, 4) is 0 Å². The Bertz CT molecular complexity index is 1140. The fourth-order valence-electron chi connectivity index (χ4n) is 3.20. The third-order valence-electron chi connectivity index (χ3n) is 4.60. The van der Waals surface area contributed by atoms with Gasteiger partial charge in [0.25, 0.3) is 5.91 Å². The highest BCUT2D eigenvalue weighted by molar-refractivity contribution is 6.08. The summed E-state index contributed by atoms with van der Waals surface area (Å²) in [7, 11) is 0. The summed E-state index contributed by atoms with van der Waals surface area (Å²) >= 11 is 0. The number of amides is 1. The van der Waals surface area contributed by atoms with E-state index in [9.17, 15) is 19.1 Å². The number of allylic oxidation sites excluding steroid dienone is 1. The molecule has 2 heterocycles. The number of carboxylic acids is 1. The number of hydrogen-bond acceptors (Lipinski definition) is 4. The SMILES string of the molecule is Cc1cccc(NC(=O)c2cnn3c2NC(C(=O)O)=C[C@H]3c2ccc(F)cc2)c1. The van der Waals surface area contributed by atoms with E-state index < -0.39 is 23.7 Å². The van der Waals surface area contributed by atoms with Crippen molar-refractivity contribution in [1.82, 2.24) is 9.78 Å². The minimum Gasteiger partial charge on any atom is -0.477 e. The van der Waals surface area contributed by atoms with E-state index in [0.717, 1.165) is 5.56 Å². The summed E-state index contributed by atoms with van der Waals surface area (Å²) in [5, 5.41) is 19.3. The van der Waals surface area contributed by atoms with E-state index in [1.165, 1.54) is 29.1 Å². The van der Waals surface area contributed by atoms with Crippen molar-refractivity contribution in [3.63, 3.8) is 0 Å². The number of aromatic nitrogens is 2. The van der Waals surface area contributed by atoms with Crippen molar-refractivity contribution in [2.75, 3.05) is 10.6 Å². The number of fused-ring (bicyclic) bond motifs is 1. The molecule has 2 aromatic carbocycles. The molecule has 1 aliphatic rings. The van der Waals surface area contributed by atoms with Crippen LogP contribution in [0, 0.1) is 12.7 Å². The summed E-state index contributed by atoms with van der Waals surface area (Å²) in [6, 6.07) is 12.4. The Balaban J connectivity index is 1.72. The number of aliphatic carboxylic acids is 1. The van der Waals surface area contributed by atoms with Crippen molar-refractivity contribution < 1.29 is 19.1 Å². The second-order valence-electron chi connectivity index (χ2n) is 6.68. The van der Waals surface area contributed by atoms with Crippen LogP contribution in [0.1, 0.15) is 27.5 Å². The summed E-state index contributed by atoms with van der Waals surface area (Å²) in [5.41, 5.74) is 2.37. The minimum atomic E-state index is -1.17. The number of halogens is 1. The molecule has 1 aromatic heterocycles. The van der Waals surface area contributed by atoms with E-state index in [1.54, 1.807) is 18.2 Å². The maximum Gasteiger partial charge on any atom is 0.352 e. The normalized spacial score (nSPS) is 15.1. The van der Waals surface area contributed by atoms with Gasteiger partial charge in [-0.25, -0.2) is 13.9 Å². The van der Waals surface area contributed by atoms with E-state index in [-0.39, 0.29) is 17.1 Å². The fraction of sp³-hybridized carbons (Fsp3) is 0.0952. The zero-order chi connectivity index (χ0) is 20.5. The van der Waals surface area contributed by atoms with Crippen molar-refractivity contribution in [2.45, 2.75) is 13.0 Å². The number of rotatable bonds is 4. The third-order valence-corrected chi connectivity index (χ3v) is 4.60. The number of carboxylic acid groups (broad SMARTS) is 1. The predicted octanol–water partition coefficient (Wildman–Crippen LogP) is 3.57. The minimum absolute atomic E-state index is 0.0862. The standard InChI is InChI=1S/C21H17FN4O3/c1-12-3-2-4-15(9-12)24-20(27)16-11-23-26-18(13-5-7-14(22)8-6-13)10-17(21(28)29)25-19(16)26/h2-11,18,25H,1H3,(H,24,27)(H,28,29)/t18-/m0/s1. The average molecular weight is 392 g/mol. The molecule has 0 aliphatic carbocycles. The number of nitrogens with zero attached hydrogens (tertiary/aromatic N) is 2. The number of carbonyl (C=O) groups excluding carboxylic acids is 1. The Morgan fingerprint density at radius 1 is 1.21 bits per heavy atom. The van der Waals surface area contributed by atoms with Gasteiger partial charge in [0.1, 0.15) is 22.9 Å². The van der Waals surface area contributed by atoms with Crippen LogP contribution in [0.5, 0.6) is 0 Å². The molecule has 1 atom stereocenters. The van der Waals surface area contributed by atoms with Crippen LogP contribution in [0.15, 0.2) is 66.5 Å². The summed E-state index contributed by atoms with van der Waals surface area (Å²) < 4.78 is 14.8. The maximum atomic E-state index is 13.3. The van der Waals surface area contributed by atoms with Gasteiger partial charge >= 0.3 is 5.97 Å². The van der Waals surface area contributed by atoms with E-state index in [2.05, 4.69) is 15.7 Å². The van der Waals surface area contributed by atoms with Gasteiger partial charge in [0.15, 0.2) is 0 Å². The molecule has 1 amide bonds. The molecule has 29 heavy (non-hydrogen) atoms. The van der Waals surface area contributed by atoms with Gasteiger partial charge in [0.2, 0.25) is 0 Å². The lowest BCUT2D eigenvalue weighted by atomic mass is 10.0. The lowest BCUT2D eigenvalue weighted by Gasteiger charge is -2.24. The first kappa shape index (κ1) is 18.4. The van der Waals surface area contributed by atoms with Crippen LogP contribution in [-0.2, 0) is 4.79 Å². The monoisotopic (exact) mass is 392 g/mol. The molecule has 0 spiro atoms. The highest BCUT2D eigenvalue weighted by Gasteiger charge is 2.29. The van der Waals surface area contributed by atoms with Gasteiger partial charge in [-0.05, 0) is 48.4 Å². The molecule has 7 nitrogen and oxygen atoms in total. The molecule has 1 aliphatic heterocycles. The molecule has 146 valence electrons.